The van der Waals surface area contributed by atoms with Crippen molar-refractivity contribution < 1.29 is 18.4 Å². The number of benzene rings is 1. The quantitative estimate of drug-likeness (QED) is 0.867. The number of esters is 1. The molecule has 8 heteroatoms. The van der Waals surface area contributed by atoms with E-state index in [0.717, 1.165) is 0 Å². The summed E-state index contributed by atoms with van der Waals surface area (Å²) in [7, 11) is 1.26. The van der Waals surface area contributed by atoms with Crippen molar-refractivity contribution in [2.24, 2.45) is 5.73 Å². The molecule has 0 saturated heterocycles. The Labute approximate surface area is 120 Å². The van der Waals surface area contributed by atoms with Crippen LogP contribution in [0.2, 0.25) is 0 Å². The van der Waals surface area contributed by atoms with Gasteiger partial charge in [-0.05, 0) is 12.1 Å². The highest BCUT2D eigenvalue weighted by atomic mass is 35.5. The molecule has 1 aromatic carbocycles. The molecule has 0 fully saturated rings. The fourth-order valence-electron chi connectivity index (χ4n) is 1.48. The summed E-state index contributed by atoms with van der Waals surface area (Å²) in [6.45, 7) is 0. The second-order valence-corrected chi connectivity index (χ2v) is 3.85. The Morgan fingerprint density at radius 3 is 2.95 bits per heavy atom. The van der Waals surface area contributed by atoms with Gasteiger partial charge in [0.15, 0.2) is 0 Å². The van der Waals surface area contributed by atoms with Crippen molar-refractivity contribution in [1.29, 1.82) is 0 Å². The highest BCUT2D eigenvalue weighted by Crippen LogP contribution is 2.20. The van der Waals surface area contributed by atoms with Crippen molar-refractivity contribution in [3.63, 3.8) is 0 Å². The van der Waals surface area contributed by atoms with E-state index in [2.05, 4.69) is 14.9 Å². The molecule has 1 aromatic heterocycles. The van der Waals surface area contributed by atoms with Gasteiger partial charge in [0.25, 0.3) is 0 Å². The van der Waals surface area contributed by atoms with Crippen LogP contribution in [0.5, 0.6) is 0 Å². The van der Waals surface area contributed by atoms with E-state index in [4.69, 9.17) is 10.3 Å². The lowest BCUT2D eigenvalue weighted by Gasteiger charge is -2.03. The molecule has 108 valence electrons. The van der Waals surface area contributed by atoms with Gasteiger partial charge in [-0.25, -0.2) is 4.39 Å². The third-order valence-electron chi connectivity index (χ3n) is 2.46. The van der Waals surface area contributed by atoms with Gasteiger partial charge in [-0.3, -0.25) is 4.79 Å². The lowest BCUT2D eigenvalue weighted by molar-refractivity contribution is -0.141. The minimum Gasteiger partial charge on any atom is -0.469 e. The zero-order valence-corrected chi connectivity index (χ0v) is 11.4. The summed E-state index contributed by atoms with van der Waals surface area (Å²) in [5.74, 6) is -0.555. The smallest absolute Gasteiger partial charge is 0.307 e. The lowest BCUT2D eigenvalue weighted by atomic mass is 10.2. The molecule has 0 aliphatic heterocycles. The Morgan fingerprint density at radius 1 is 1.55 bits per heavy atom. The molecule has 0 spiro atoms. The van der Waals surface area contributed by atoms with E-state index in [-0.39, 0.29) is 30.5 Å². The average Bonchev–Trinajstić information content (AvgIpc) is 2.88. The number of methoxy groups -OCH3 is 1. The Hall–Kier alpha value is -1.99. The highest BCUT2D eigenvalue weighted by molar-refractivity contribution is 5.85. The first kappa shape index (κ1) is 16.1. The van der Waals surface area contributed by atoms with Crippen LogP contribution in [-0.4, -0.2) is 23.2 Å². The molecule has 2 N–H and O–H groups in total. The second kappa shape index (κ2) is 6.97. The van der Waals surface area contributed by atoms with Crippen molar-refractivity contribution in [3.05, 3.63) is 36.0 Å². The van der Waals surface area contributed by atoms with E-state index >= 15 is 0 Å². The highest BCUT2D eigenvalue weighted by Gasteiger charge is 2.19. The standard InChI is InChI=1S/C12H12FN3O3.ClH/c1-18-10(17)6-9(14)12-15-11(16-19-12)7-3-2-4-8(13)5-7;/h2-5,9H,6,14H2,1H3;1H. The number of aromatic nitrogens is 2. The summed E-state index contributed by atoms with van der Waals surface area (Å²) < 4.78 is 22.5. The molecule has 0 saturated carbocycles. The van der Waals surface area contributed by atoms with Gasteiger partial charge in [0.1, 0.15) is 5.82 Å². The number of rotatable bonds is 4. The number of nitrogens with zero attached hydrogens (tertiary/aromatic N) is 2. The van der Waals surface area contributed by atoms with Gasteiger partial charge >= 0.3 is 5.97 Å². The number of carbonyl (C=O) groups excluding carboxylic acids is 1. The molecule has 0 bridgehead atoms. The second-order valence-electron chi connectivity index (χ2n) is 3.85. The number of hydrogen-bond acceptors (Lipinski definition) is 6. The third kappa shape index (κ3) is 3.75. The van der Waals surface area contributed by atoms with Gasteiger partial charge in [0.05, 0.1) is 19.6 Å². The van der Waals surface area contributed by atoms with E-state index in [1.165, 1.54) is 25.3 Å². The van der Waals surface area contributed by atoms with E-state index in [9.17, 15) is 9.18 Å². The molecule has 2 aromatic rings. The molecular formula is C12H13ClFN3O3. The predicted octanol–water partition coefficient (Wildman–Crippen LogP) is 1.86. The van der Waals surface area contributed by atoms with Crippen LogP contribution in [0.15, 0.2) is 28.8 Å². The number of nitrogens with two attached hydrogens (primary N) is 1. The molecule has 0 aliphatic rings. The van der Waals surface area contributed by atoms with Crippen LogP contribution in [-0.2, 0) is 9.53 Å². The normalized spacial score (nSPS) is 11.6. The Balaban J connectivity index is 0.00000200. The largest absolute Gasteiger partial charge is 0.469 e. The maximum absolute atomic E-state index is 13.1. The van der Waals surface area contributed by atoms with Crippen molar-refractivity contribution in [2.75, 3.05) is 7.11 Å². The van der Waals surface area contributed by atoms with Crippen molar-refractivity contribution in [3.8, 4) is 11.4 Å². The van der Waals surface area contributed by atoms with Crippen LogP contribution < -0.4 is 5.73 Å². The van der Waals surface area contributed by atoms with Gasteiger partial charge in [0.2, 0.25) is 11.7 Å². The minimum atomic E-state index is -0.748. The monoisotopic (exact) mass is 301 g/mol. The van der Waals surface area contributed by atoms with E-state index in [1.807, 2.05) is 0 Å². The average molecular weight is 302 g/mol. The summed E-state index contributed by atoms with van der Waals surface area (Å²) in [5, 5.41) is 3.70. The zero-order chi connectivity index (χ0) is 13.8. The Bertz CT molecular complexity index is 591. The minimum absolute atomic E-state index is 0. The number of halogens is 2. The summed E-state index contributed by atoms with van der Waals surface area (Å²) >= 11 is 0. The molecule has 0 aliphatic carbocycles. The van der Waals surface area contributed by atoms with Crippen LogP contribution >= 0.6 is 12.4 Å². The van der Waals surface area contributed by atoms with Gasteiger partial charge in [0, 0.05) is 5.56 Å². The zero-order valence-electron chi connectivity index (χ0n) is 10.6. The summed E-state index contributed by atoms with van der Waals surface area (Å²) in [6.07, 6.45) is -0.0682. The molecule has 1 atom stereocenters. The van der Waals surface area contributed by atoms with Crippen LogP contribution in [0.4, 0.5) is 4.39 Å². The number of carbonyl (C=O) groups is 1. The van der Waals surface area contributed by atoms with E-state index in [1.54, 1.807) is 6.07 Å². The maximum atomic E-state index is 13.1. The van der Waals surface area contributed by atoms with Crippen LogP contribution in [0, 0.1) is 5.82 Å². The summed E-state index contributed by atoms with van der Waals surface area (Å²) in [4.78, 5) is 15.1. The van der Waals surface area contributed by atoms with Gasteiger partial charge in [-0.2, -0.15) is 4.98 Å². The molecule has 1 unspecified atom stereocenters. The lowest BCUT2D eigenvalue weighted by Crippen LogP contribution is -2.16. The maximum Gasteiger partial charge on any atom is 0.307 e. The molecule has 6 nitrogen and oxygen atoms in total. The van der Waals surface area contributed by atoms with Gasteiger partial charge in [-0.1, -0.05) is 17.3 Å². The van der Waals surface area contributed by atoms with Crippen LogP contribution in [0.3, 0.4) is 0 Å². The summed E-state index contributed by atoms with van der Waals surface area (Å²) in [5.41, 5.74) is 6.19. The molecule has 0 amide bonds. The molecule has 20 heavy (non-hydrogen) atoms. The Kier molecular flexibility index (Phi) is 5.60. The summed E-state index contributed by atoms with van der Waals surface area (Å²) in [6, 6.07) is 5.02. The molecule has 0 radical (unpaired) electrons. The predicted molar refractivity (Wildman–Crippen MR) is 70.5 cm³/mol. The van der Waals surface area contributed by atoms with Crippen LogP contribution in [0.25, 0.3) is 11.4 Å². The van der Waals surface area contributed by atoms with E-state index in [0.29, 0.717) is 5.56 Å². The first-order valence-electron chi connectivity index (χ1n) is 5.52. The SMILES string of the molecule is COC(=O)CC(N)c1nc(-c2cccc(F)c2)no1.Cl. The third-order valence-corrected chi connectivity index (χ3v) is 2.46. The Morgan fingerprint density at radius 2 is 2.30 bits per heavy atom. The van der Waals surface area contributed by atoms with Crippen molar-refractivity contribution in [1.82, 2.24) is 10.1 Å². The van der Waals surface area contributed by atoms with Crippen molar-refractivity contribution in [2.45, 2.75) is 12.5 Å². The van der Waals surface area contributed by atoms with Crippen LogP contribution in [0.1, 0.15) is 18.4 Å². The van der Waals surface area contributed by atoms with Gasteiger partial charge in [-0.15, -0.1) is 12.4 Å². The van der Waals surface area contributed by atoms with Gasteiger partial charge < -0.3 is 15.0 Å². The van der Waals surface area contributed by atoms with E-state index < -0.39 is 17.8 Å². The number of ether oxygens (including phenoxy) is 1. The first-order valence-corrected chi connectivity index (χ1v) is 5.52. The fourth-order valence-corrected chi connectivity index (χ4v) is 1.48. The topological polar surface area (TPSA) is 91.2 Å². The van der Waals surface area contributed by atoms with Crippen molar-refractivity contribution >= 4 is 18.4 Å². The fraction of sp³-hybridized carbons (Fsp3) is 0.250. The number of hydrogen-bond donors (Lipinski definition) is 1. The molecule has 2 rings (SSSR count). The first-order chi connectivity index (χ1) is 9.10. The molecular weight excluding hydrogens is 289 g/mol. The molecule has 1 heterocycles.